The molecule has 0 N–H and O–H groups in total. The van der Waals surface area contributed by atoms with E-state index in [4.69, 9.17) is 9.15 Å². The Hall–Kier alpha value is -3.45. The minimum absolute atomic E-state index is 0.0530. The Morgan fingerprint density at radius 1 is 1.12 bits per heavy atom. The second-order valence-electron chi connectivity index (χ2n) is 8.78. The molecule has 3 aromatic rings. The fourth-order valence-electron chi connectivity index (χ4n) is 5.45. The highest BCUT2D eigenvalue weighted by molar-refractivity contribution is 6.16. The number of carbonyl (C=O) groups is 2. The van der Waals surface area contributed by atoms with Crippen molar-refractivity contribution < 1.29 is 18.7 Å². The first-order valence-corrected chi connectivity index (χ1v) is 10.8. The summed E-state index contributed by atoms with van der Waals surface area (Å²) in [5.74, 6) is -0.834. The summed E-state index contributed by atoms with van der Waals surface area (Å²) < 4.78 is 11.8. The maximum atomic E-state index is 13.9. The SMILES string of the molecule is Cc1ccc2oc3c(c(=O)c2c1)[C@]1(C(=O)N(C)c2ccccc21)N(C[C@@H]1CCCO1)C3=O. The molecular formula is C25H22N2O5. The minimum Gasteiger partial charge on any atom is -0.450 e. The van der Waals surface area contributed by atoms with E-state index in [2.05, 4.69) is 0 Å². The predicted octanol–water partition coefficient (Wildman–Crippen LogP) is 2.96. The van der Waals surface area contributed by atoms with Gasteiger partial charge in [-0.25, -0.2) is 0 Å². The van der Waals surface area contributed by atoms with Crippen LogP contribution in [-0.4, -0.2) is 43.0 Å². The number of anilines is 1. The molecule has 1 fully saturated rings. The van der Waals surface area contributed by atoms with Crippen LogP contribution in [0.15, 0.2) is 51.7 Å². The van der Waals surface area contributed by atoms with Gasteiger partial charge in [0.1, 0.15) is 5.58 Å². The maximum absolute atomic E-state index is 13.9. The summed E-state index contributed by atoms with van der Waals surface area (Å²) in [6.07, 6.45) is 1.50. The van der Waals surface area contributed by atoms with Gasteiger partial charge in [0, 0.05) is 31.5 Å². The molecule has 2 amide bonds. The third-order valence-corrected chi connectivity index (χ3v) is 6.93. The first kappa shape index (κ1) is 19.3. The molecule has 3 aliphatic rings. The van der Waals surface area contributed by atoms with Crippen LogP contribution in [-0.2, 0) is 15.1 Å². The second kappa shape index (κ2) is 6.53. The van der Waals surface area contributed by atoms with Crippen LogP contribution in [0.3, 0.4) is 0 Å². The van der Waals surface area contributed by atoms with Gasteiger partial charge in [0.2, 0.25) is 5.76 Å². The topological polar surface area (TPSA) is 80.1 Å². The zero-order valence-corrected chi connectivity index (χ0v) is 17.9. The van der Waals surface area contributed by atoms with Gasteiger partial charge >= 0.3 is 0 Å². The molecule has 6 rings (SSSR count). The van der Waals surface area contributed by atoms with Crippen LogP contribution in [0.25, 0.3) is 11.0 Å². The van der Waals surface area contributed by atoms with E-state index in [-0.39, 0.29) is 35.3 Å². The lowest BCUT2D eigenvalue weighted by molar-refractivity contribution is -0.126. The van der Waals surface area contributed by atoms with Crippen molar-refractivity contribution in [1.82, 2.24) is 4.90 Å². The van der Waals surface area contributed by atoms with E-state index >= 15 is 0 Å². The van der Waals surface area contributed by atoms with Gasteiger partial charge in [0.15, 0.2) is 11.0 Å². The van der Waals surface area contributed by atoms with Crippen LogP contribution in [0.5, 0.6) is 0 Å². The van der Waals surface area contributed by atoms with Gasteiger partial charge in [0.05, 0.1) is 17.1 Å². The van der Waals surface area contributed by atoms with Gasteiger partial charge in [-0.05, 0) is 38.0 Å². The van der Waals surface area contributed by atoms with Crippen molar-refractivity contribution in [2.24, 2.45) is 0 Å². The predicted molar refractivity (Wildman–Crippen MR) is 118 cm³/mol. The monoisotopic (exact) mass is 430 g/mol. The molecule has 2 aromatic carbocycles. The lowest BCUT2D eigenvalue weighted by atomic mass is 9.83. The highest BCUT2D eigenvalue weighted by atomic mass is 16.5. The molecule has 1 spiro atoms. The number of fused-ring (bicyclic) bond motifs is 5. The molecule has 7 nitrogen and oxygen atoms in total. The lowest BCUT2D eigenvalue weighted by Gasteiger charge is -2.35. The van der Waals surface area contributed by atoms with Crippen LogP contribution < -0.4 is 10.3 Å². The summed E-state index contributed by atoms with van der Waals surface area (Å²) in [6.45, 7) is 2.73. The number of benzene rings is 2. The third kappa shape index (κ3) is 2.26. The minimum atomic E-state index is -1.55. The van der Waals surface area contributed by atoms with Crippen LogP contribution >= 0.6 is 0 Å². The molecule has 3 aliphatic heterocycles. The summed E-state index contributed by atoms with van der Waals surface area (Å²) in [5, 5.41) is 0.370. The fourth-order valence-corrected chi connectivity index (χ4v) is 5.45. The summed E-state index contributed by atoms with van der Waals surface area (Å²) in [5.41, 5.74) is 0.758. The van der Waals surface area contributed by atoms with Crippen molar-refractivity contribution in [1.29, 1.82) is 0 Å². The Labute approximate surface area is 184 Å². The van der Waals surface area contributed by atoms with Crippen LogP contribution in [0.4, 0.5) is 5.69 Å². The number of nitrogens with zero attached hydrogens (tertiary/aromatic N) is 2. The molecular weight excluding hydrogens is 408 g/mol. The molecule has 1 saturated heterocycles. The Balaban J connectivity index is 1.70. The summed E-state index contributed by atoms with van der Waals surface area (Å²) in [4.78, 5) is 44.6. The Kier molecular flexibility index (Phi) is 3.93. The third-order valence-electron chi connectivity index (χ3n) is 6.93. The number of rotatable bonds is 2. The molecule has 0 unspecified atom stereocenters. The molecule has 0 radical (unpaired) electrons. The van der Waals surface area contributed by atoms with Crippen molar-refractivity contribution >= 4 is 28.5 Å². The molecule has 0 bridgehead atoms. The zero-order valence-electron chi connectivity index (χ0n) is 17.9. The average Bonchev–Trinajstić information content (AvgIpc) is 3.45. The number of hydrogen-bond donors (Lipinski definition) is 0. The number of para-hydroxylation sites is 1. The first-order chi connectivity index (χ1) is 15.4. The quantitative estimate of drug-likeness (QED) is 0.625. The first-order valence-electron chi connectivity index (χ1n) is 10.8. The van der Waals surface area contributed by atoms with Gasteiger partial charge in [-0.15, -0.1) is 0 Å². The number of hydrogen-bond acceptors (Lipinski definition) is 5. The standard InChI is InChI=1S/C25H22N2O5/c1-14-9-10-19-16(12-14)21(28)20-22(32-19)23(29)27(13-15-6-5-11-31-15)25(20)17-7-3-4-8-18(17)26(2)24(25)30/h3-4,7-10,12,15H,5-6,11,13H2,1-2H3/t15-,25+/m0/s1. The van der Waals surface area contributed by atoms with E-state index in [0.717, 1.165) is 18.4 Å². The molecule has 7 heteroatoms. The van der Waals surface area contributed by atoms with Crippen molar-refractivity contribution in [3.05, 3.63) is 75.1 Å². The summed E-state index contributed by atoms with van der Waals surface area (Å²) in [6, 6.07) is 12.6. The van der Waals surface area contributed by atoms with Crippen molar-refractivity contribution in [2.45, 2.75) is 31.4 Å². The van der Waals surface area contributed by atoms with Gasteiger partial charge < -0.3 is 19.0 Å². The Morgan fingerprint density at radius 2 is 1.94 bits per heavy atom. The van der Waals surface area contributed by atoms with E-state index in [1.54, 1.807) is 19.2 Å². The largest absolute Gasteiger partial charge is 0.450 e. The lowest BCUT2D eigenvalue weighted by Crippen LogP contribution is -2.54. The number of amides is 2. The maximum Gasteiger partial charge on any atom is 0.291 e. The molecule has 0 saturated carbocycles. The molecule has 0 aliphatic carbocycles. The van der Waals surface area contributed by atoms with Gasteiger partial charge in [-0.2, -0.15) is 0 Å². The highest BCUT2D eigenvalue weighted by Gasteiger charge is 2.64. The molecule has 2 atom stereocenters. The average molecular weight is 430 g/mol. The summed E-state index contributed by atoms with van der Waals surface area (Å²) in [7, 11) is 1.68. The molecule has 32 heavy (non-hydrogen) atoms. The van der Waals surface area contributed by atoms with Crippen molar-refractivity contribution in [2.75, 3.05) is 25.1 Å². The fraction of sp³-hybridized carbons (Fsp3) is 0.320. The van der Waals surface area contributed by atoms with Gasteiger partial charge in [0.25, 0.3) is 11.8 Å². The second-order valence-corrected chi connectivity index (χ2v) is 8.78. The smallest absolute Gasteiger partial charge is 0.291 e. The number of ether oxygens (including phenoxy) is 1. The van der Waals surface area contributed by atoms with E-state index < -0.39 is 11.4 Å². The number of likely N-dealkylation sites (N-methyl/N-ethyl adjacent to an activating group) is 1. The van der Waals surface area contributed by atoms with E-state index in [1.165, 1.54) is 9.80 Å². The van der Waals surface area contributed by atoms with Gasteiger partial charge in [-0.3, -0.25) is 14.4 Å². The van der Waals surface area contributed by atoms with E-state index in [9.17, 15) is 14.4 Å². The van der Waals surface area contributed by atoms with Crippen LogP contribution in [0.1, 0.15) is 40.1 Å². The highest BCUT2D eigenvalue weighted by Crippen LogP contribution is 2.52. The van der Waals surface area contributed by atoms with Crippen LogP contribution in [0, 0.1) is 6.92 Å². The van der Waals surface area contributed by atoms with Crippen LogP contribution in [0.2, 0.25) is 0 Å². The summed E-state index contributed by atoms with van der Waals surface area (Å²) >= 11 is 0. The van der Waals surface area contributed by atoms with E-state index in [1.807, 2.05) is 37.3 Å². The molecule has 1 aromatic heterocycles. The Bertz CT molecular complexity index is 1370. The molecule has 162 valence electrons. The normalized spacial score (nSPS) is 24.1. The van der Waals surface area contributed by atoms with Crippen molar-refractivity contribution in [3.8, 4) is 0 Å². The van der Waals surface area contributed by atoms with E-state index in [0.29, 0.717) is 28.8 Å². The van der Waals surface area contributed by atoms with Crippen molar-refractivity contribution in [3.63, 3.8) is 0 Å². The molecule has 4 heterocycles. The van der Waals surface area contributed by atoms with Gasteiger partial charge in [-0.1, -0.05) is 29.8 Å². The number of aryl methyl sites for hydroxylation is 1. The zero-order chi connectivity index (χ0) is 22.2. The number of carbonyl (C=O) groups excluding carboxylic acids is 2. The Morgan fingerprint density at radius 3 is 2.72 bits per heavy atom.